The number of hydrogen-bond donors (Lipinski definition) is 0. The predicted molar refractivity (Wildman–Crippen MR) is 117 cm³/mol. The maximum atomic E-state index is 4.01. The van der Waals surface area contributed by atoms with Crippen LogP contribution in [0, 0.1) is 12.8 Å². The third kappa shape index (κ3) is 20.2. The average Bonchev–Trinajstić information content (AvgIpc) is 2.62. The lowest BCUT2D eigenvalue weighted by molar-refractivity contribution is 0.369. The van der Waals surface area contributed by atoms with Crippen molar-refractivity contribution in [2.45, 2.75) is 149 Å². The molecule has 0 fully saturated rings. The van der Waals surface area contributed by atoms with Gasteiger partial charge in [-0.15, -0.1) is 0 Å². The molecule has 1 atom stereocenters. The molecule has 151 valence electrons. The first-order chi connectivity index (χ1) is 12.3. The zero-order valence-electron chi connectivity index (χ0n) is 18.1. The second kappa shape index (κ2) is 22.0. The van der Waals surface area contributed by atoms with Crippen LogP contribution >= 0.6 is 0 Å². The Labute approximate surface area is 161 Å². The monoisotopic (exact) mass is 351 g/mol. The van der Waals surface area contributed by atoms with Crippen molar-refractivity contribution >= 4 is 0 Å². The Balaban J connectivity index is 3.57. The van der Waals surface area contributed by atoms with Crippen molar-refractivity contribution in [3.05, 3.63) is 6.92 Å². The van der Waals surface area contributed by atoms with Crippen LogP contribution in [0.2, 0.25) is 0 Å². The van der Waals surface area contributed by atoms with Crippen LogP contribution in [0.5, 0.6) is 0 Å². The number of hydrogen-bond acceptors (Lipinski definition) is 0. The summed E-state index contributed by atoms with van der Waals surface area (Å²) in [4.78, 5) is 0. The van der Waals surface area contributed by atoms with Crippen LogP contribution in [-0.2, 0) is 0 Å². The fourth-order valence-corrected chi connectivity index (χ4v) is 4.00. The van der Waals surface area contributed by atoms with E-state index in [2.05, 4.69) is 20.8 Å². The van der Waals surface area contributed by atoms with E-state index in [4.69, 9.17) is 0 Å². The van der Waals surface area contributed by atoms with Crippen molar-refractivity contribution in [1.82, 2.24) is 0 Å². The molecule has 0 aliphatic rings. The van der Waals surface area contributed by atoms with E-state index in [-0.39, 0.29) is 0 Å². The summed E-state index contributed by atoms with van der Waals surface area (Å²) in [5.74, 6) is 1.02. The predicted octanol–water partition coefficient (Wildman–Crippen LogP) is 9.67. The molecule has 0 aromatic carbocycles. The molecule has 0 rings (SSSR count). The maximum absolute atomic E-state index is 4.01. The fourth-order valence-electron chi connectivity index (χ4n) is 4.00. The van der Waals surface area contributed by atoms with Gasteiger partial charge < -0.3 is 0 Å². The van der Waals surface area contributed by atoms with Crippen LogP contribution in [0.25, 0.3) is 0 Å². The van der Waals surface area contributed by atoms with Crippen molar-refractivity contribution < 1.29 is 0 Å². The van der Waals surface area contributed by atoms with Gasteiger partial charge in [-0.1, -0.05) is 156 Å². The molecule has 0 nitrogen and oxygen atoms in total. The molecule has 0 aliphatic carbocycles. The summed E-state index contributed by atoms with van der Waals surface area (Å²) < 4.78 is 0. The van der Waals surface area contributed by atoms with Crippen LogP contribution in [0.1, 0.15) is 149 Å². The van der Waals surface area contributed by atoms with Gasteiger partial charge in [0, 0.05) is 0 Å². The Kier molecular flexibility index (Phi) is 22.0. The van der Waals surface area contributed by atoms with E-state index in [0.29, 0.717) is 0 Å². The molecule has 0 saturated heterocycles. The van der Waals surface area contributed by atoms with Gasteiger partial charge >= 0.3 is 0 Å². The van der Waals surface area contributed by atoms with Gasteiger partial charge in [0.15, 0.2) is 0 Å². The van der Waals surface area contributed by atoms with E-state index in [1.807, 2.05) is 0 Å². The first-order valence-corrected chi connectivity index (χ1v) is 12.1. The summed E-state index contributed by atoms with van der Waals surface area (Å²) in [6.45, 7) is 8.62. The second-order valence-corrected chi connectivity index (χ2v) is 8.39. The van der Waals surface area contributed by atoms with Gasteiger partial charge in [0.2, 0.25) is 0 Å². The van der Waals surface area contributed by atoms with Crippen LogP contribution in [0.3, 0.4) is 0 Å². The van der Waals surface area contributed by atoms with Crippen LogP contribution in [0.15, 0.2) is 0 Å². The Bertz CT molecular complexity index is 220. The molecule has 0 N–H and O–H groups in total. The van der Waals surface area contributed by atoms with Gasteiger partial charge in [-0.25, -0.2) is 0 Å². The zero-order valence-corrected chi connectivity index (χ0v) is 18.1. The summed E-state index contributed by atoms with van der Waals surface area (Å²) in [5, 5.41) is 0. The van der Waals surface area contributed by atoms with Crippen LogP contribution in [0.4, 0.5) is 0 Å². The molecule has 0 spiro atoms. The van der Waals surface area contributed by atoms with Crippen LogP contribution < -0.4 is 0 Å². The smallest absolute Gasteiger partial charge is 0.0414 e. The highest BCUT2D eigenvalue weighted by atomic mass is 14.1. The lowest BCUT2D eigenvalue weighted by atomic mass is 9.89. The van der Waals surface area contributed by atoms with Crippen molar-refractivity contribution in [2.75, 3.05) is 0 Å². The molecule has 0 aromatic heterocycles. The maximum Gasteiger partial charge on any atom is -0.0414 e. The van der Waals surface area contributed by atoms with E-state index in [1.54, 1.807) is 0 Å². The Morgan fingerprint density at radius 3 is 1.12 bits per heavy atom. The number of rotatable bonds is 21. The van der Waals surface area contributed by atoms with E-state index < -0.39 is 0 Å². The molecular formula is C25H51. The Morgan fingerprint density at radius 1 is 0.440 bits per heavy atom. The quantitative estimate of drug-likeness (QED) is 0.180. The minimum Gasteiger partial charge on any atom is -0.0654 e. The lowest BCUT2D eigenvalue weighted by Crippen LogP contribution is -2.01. The summed E-state index contributed by atoms with van der Waals surface area (Å²) in [6, 6.07) is 0. The van der Waals surface area contributed by atoms with E-state index in [0.717, 1.165) is 12.3 Å². The van der Waals surface area contributed by atoms with Gasteiger partial charge in [-0.2, -0.15) is 0 Å². The molecule has 0 aliphatic heterocycles. The molecule has 0 amide bonds. The molecule has 0 bridgehead atoms. The first kappa shape index (κ1) is 25.0. The fraction of sp³-hybridized carbons (Fsp3) is 0.960. The van der Waals surface area contributed by atoms with Crippen molar-refractivity contribution in [3.8, 4) is 0 Å². The third-order valence-corrected chi connectivity index (χ3v) is 5.79. The highest BCUT2D eigenvalue weighted by Crippen LogP contribution is 2.24. The van der Waals surface area contributed by atoms with Gasteiger partial charge in [-0.05, 0) is 5.92 Å². The average molecular weight is 352 g/mol. The van der Waals surface area contributed by atoms with Crippen molar-refractivity contribution in [2.24, 2.45) is 5.92 Å². The highest BCUT2D eigenvalue weighted by molar-refractivity contribution is 4.62. The molecule has 25 heavy (non-hydrogen) atoms. The molecular weight excluding hydrogens is 300 g/mol. The topological polar surface area (TPSA) is 0 Å². The SMILES string of the molecule is [CH2]CCCCC(CCCCCCC)CCCCCCCCCCCC. The molecule has 1 radical (unpaired) electrons. The molecule has 0 heteroatoms. The molecule has 0 aromatic rings. The van der Waals surface area contributed by atoms with E-state index in [9.17, 15) is 0 Å². The van der Waals surface area contributed by atoms with Crippen molar-refractivity contribution in [1.29, 1.82) is 0 Å². The Morgan fingerprint density at radius 2 is 0.760 bits per heavy atom. The summed E-state index contributed by atoms with van der Waals surface area (Å²) in [6.07, 6.45) is 30.2. The van der Waals surface area contributed by atoms with E-state index >= 15 is 0 Å². The summed E-state index contributed by atoms with van der Waals surface area (Å²) in [5.41, 5.74) is 0. The van der Waals surface area contributed by atoms with Gasteiger partial charge in [0.25, 0.3) is 0 Å². The normalized spacial score (nSPS) is 12.6. The summed E-state index contributed by atoms with van der Waals surface area (Å²) in [7, 11) is 0. The van der Waals surface area contributed by atoms with Gasteiger partial charge in [0.1, 0.15) is 0 Å². The lowest BCUT2D eigenvalue weighted by Gasteiger charge is -2.17. The molecule has 0 heterocycles. The minimum atomic E-state index is 1.02. The highest BCUT2D eigenvalue weighted by Gasteiger charge is 2.08. The second-order valence-electron chi connectivity index (χ2n) is 8.39. The standard InChI is InChI=1S/C25H51/c1-4-7-10-12-13-14-15-16-18-21-24-25(22-19-9-6-3)23-20-17-11-8-5-2/h25H,3-24H2,1-2H3. The zero-order chi connectivity index (χ0) is 18.4. The third-order valence-electron chi connectivity index (χ3n) is 5.79. The minimum absolute atomic E-state index is 1.02. The van der Waals surface area contributed by atoms with Crippen molar-refractivity contribution in [3.63, 3.8) is 0 Å². The van der Waals surface area contributed by atoms with Gasteiger partial charge in [-0.3, -0.25) is 0 Å². The summed E-state index contributed by atoms with van der Waals surface area (Å²) >= 11 is 0. The largest absolute Gasteiger partial charge is 0.0654 e. The molecule has 0 saturated carbocycles. The molecule has 1 unspecified atom stereocenters. The Hall–Kier alpha value is 0. The van der Waals surface area contributed by atoms with Gasteiger partial charge in [0.05, 0.1) is 0 Å². The van der Waals surface area contributed by atoms with Crippen LogP contribution in [-0.4, -0.2) is 0 Å². The first-order valence-electron chi connectivity index (χ1n) is 12.1. The van der Waals surface area contributed by atoms with E-state index in [1.165, 1.54) is 128 Å². The number of unbranched alkanes of at least 4 members (excludes halogenated alkanes) is 15.